The maximum atomic E-state index is 12.5. The average molecular weight is 374 g/mol. The summed E-state index contributed by atoms with van der Waals surface area (Å²) in [6.45, 7) is 10.6. The van der Waals surface area contributed by atoms with Gasteiger partial charge in [-0.05, 0) is 65.2 Å². The Hall–Kier alpha value is -2.04. The number of nitrogens with zero attached hydrogens (tertiary/aromatic N) is 2. The Morgan fingerprint density at radius 3 is 2.52 bits per heavy atom. The van der Waals surface area contributed by atoms with Gasteiger partial charge >= 0.3 is 0 Å². The van der Waals surface area contributed by atoms with Gasteiger partial charge in [-0.25, -0.2) is 0 Å². The van der Waals surface area contributed by atoms with Crippen LogP contribution in [0.1, 0.15) is 75.9 Å². The van der Waals surface area contributed by atoms with Gasteiger partial charge in [0, 0.05) is 36.1 Å². The number of aryl methyl sites for hydroxylation is 1. The molecule has 0 aromatic carbocycles. The summed E-state index contributed by atoms with van der Waals surface area (Å²) in [6.07, 6.45) is 9.92. The van der Waals surface area contributed by atoms with Crippen molar-refractivity contribution in [2.75, 3.05) is 13.1 Å². The van der Waals surface area contributed by atoms with Crippen LogP contribution in [0, 0.1) is 13.8 Å². The molecule has 27 heavy (non-hydrogen) atoms. The Labute approximate surface area is 163 Å². The van der Waals surface area contributed by atoms with Gasteiger partial charge in [-0.2, -0.15) is 0 Å². The zero-order chi connectivity index (χ0) is 20.0. The molecule has 0 radical (unpaired) electrons. The van der Waals surface area contributed by atoms with Crippen LogP contribution in [0.2, 0.25) is 0 Å². The van der Waals surface area contributed by atoms with Crippen LogP contribution in [0.15, 0.2) is 12.1 Å². The van der Waals surface area contributed by atoms with Crippen LogP contribution in [0.4, 0.5) is 0 Å². The predicted octanol–water partition coefficient (Wildman–Crippen LogP) is 4.00. The van der Waals surface area contributed by atoms with Gasteiger partial charge < -0.3 is 14.8 Å². The second-order valence-corrected chi connectivity index (χ2v) is 7.90. The van der Waals surface area contributed by atoms with Crippen molar-refractivity contribution in [2.24, 2.45) is 0 Å². The number of hydrogen-bond acceptors (Lipinski definition) is 2. The van der Waals surface area contributed by atoms with E-state index in [1.54, 1.807) is 11.0 Å². The number of carbonyl (C=O) groups is 2. The summed E-state index contributed by atoms with van der Waals surface area (Å²) in [7, 11) is 0. The number of rotatable bonds is 7. The van der Waals surface area contributed by atoms with Crippen LogP contribution < -0.4 is 5.32 Å². The molecule has 1 aromatic heterocycles. The minimum Gasteiger partial charge on any atom is -0.352 e. The Balaban J connectivity index is 2.07. The van der Waals surface area contributed by atoms with Crippen LogP contribution in [-0.2, 0) is 9.59 Å². The van der Waals surface area contributed by atoms with Crippen LogP contribution >= 0.6 is 0 Å². The number of nitrogens with one attached hydrogen (secondary N) is 1. The lowest BCUT2D eigenvalue weighted by Gasteiger charge is -2.26. The van der Waals surface area contributed by atoms with E-state index >= 15 is 0 Å². The number of likely N-dealkylation sites (N-methyl/N-ethyl adjacent to an activating group) is 1. The molecule has 5 nitrogen and oxygen atoms in total. The first-order valence-corrected chi connectivity index (χ1v) is 10.3. The molecule has 1 N–H and O–H groups in total. The van der Waals surface area contributed by atoms with E-state index in [1.165, 1.54) is 43.5 Å². The molecule has 1 heterocycles. The molecular formula is C22H35N3O2. The van der Waals surface area contributed by atoms with Crippen molar-refractivity contribution in [2.45, 2.75) is 78.8 Å². The van der Waals surface area contributed by atoms with Crippen molar-refractivity contribution in [1.29, 1.82) is 0 Å². The third-order valence-corrected chi connectivity index (χ3v) is 5.35. The molecule has 0 saturated heterocycles. The van der Waals surface area contributed by atoms with Crippen LogP contribution in [-0.4, -0.2) is 40.4 Å². The first-order valence-electron chi connectivity index (χ1n) is 10.3. The van der Waals surface area contributed by atoms with E-state index < -0.39 is 0 Å². The summed E-state index contributed by atoms with van der Waals surface area (Å²) < 4.78 is 2.44. The van der Waals surface area contributed by atoms with Crippen LogP contribution in [0.25, 0.3) is 6.08 Å². The zero-order valence-electron chi connectivity index (χ0n) is 17.5. The molecule has 2 amide bonds. The fourth-order valence-electron chi connectivity index (χ4n) is 4.03. The van der Waals surface area contributed by atoms with Crippen LogP contribution in [0.3, 0.4) is 0 Å². The molecule has 0 bridgehead atoms. The Kier molecular flexibility index (Phi) is 7.69. The summed E-state index contributed by atoms with van der Waals surface area (Å²) in [6, 6.07) is 2.82. The molecular weight excluding hydrogens is 338 g/mol. The highest BCUT2D eigenvalue weighted by Gasteiger charge is 2.20. The Morgan fingerprint density at radius 2 is 1.93 bits per heavy atom. The molecule has 1 fully saturated rings. The smallest absolute Gasteiger partial charge is 0.247 e. The van der Waals surface area contributed by atoms with E-state index in [0.717, 1.165) is 5.56 Å². The minimum absolute atomic E-state index is 0.0760. The summed E-state index contributed by atoms with van der Waals surface area (Å²) in [5, 5.41) is 2.83. The lowest BCUT2D eigenvalue weighted by atomic mass is 9.95. The van der Waals surface area contributed by atoms with E-state index in [4.69, 9.17) is 0 Å². The zero-order valence-corrected chi connectivity index (χ0v) is 17.5. The molecule has 0 atom stereocenters. The summed E-state index contributed by atoms with van der Waals surface area (Å²) in [5.41, 5.74) is 3.58. The molecule has 5 heteroatoms. The van der Waals surface area contributed by atoms with Crippen molar-refractivity contribution in [3.05, 3.63) is 29.1 Å². The highest BCUT2D eigenvalue weighted by Crippen LogP contribution is 2.32. The minimum atomic E-state index is -0.126. The standard InChI is InChI=1S/C22H35N3O2/c1-6-24(15-21(26)23-16(2)3)22(27)13-12-19-14-17(4)25(18(19)5)20-10-8-7-9-11-20/h12-14,16,20H,6-11,15H2,1-5H3,(H,23,26)/b13-12+. The molecule has 1 aromatic rings. The topological polar surface area (TPSA) is 54.3 Å². The van der Waals surface area contributed by atoms with E-state index in [1.807, 2.05) is 26.8 Å². The first kappa shape index (κ1) is 21.3. The van der Waals surface area contributed by atoms with Gasteiger partial charge in [-0.1, -0.05) is 19.3 Å². The third kappa shape index (κ3) is 5.72. The quantitative estimate of drug-likeness (QED) is 0.735. The maximum Gasteiger partial charge on any atom is 0.247 e. The van der Waals surface area contributed by atoms with E-state index in [9.17, 15) is 9.59 Å². The molecule has 0 aliphatic heterocycles. The Bertz CT molecular complexity index is 682. The predicted molar refractivity (Wildman–Crippen MR) is 111 cm³/mol. The normalized spacial score (nSPS) is 15.5. The molecule has 2 rings (SSSR count). The molecule has 0 spiro atoms. The van der Waals surface area contributed by atoms with Gasteiger partial charge in [0.1, 0.15) is 0 Å². The summed E-state index contributed by atoms with van der Waals surface area (Å²) in [5.74, 6) is -0.247. The van der Waals surface area contributed by atoms with Crippen molar-refractivity contribution < 1.29 is 9.59 Å². The van der Waals surface area contributed by atoms with E-state index in [-0.39, 0.29) is 24.4 Å². The van der Waals surface area contributed by atoms with Gasteiger partial charge in [0.2, 0.25) is 11.8 Å². The lowest BCUT2D eigenvalue weighted by molar-refractivity contribution is -0.132. The van der Waals surface area contributed by atoms with Gasteiger partial charge in [0.05, 0.1) is 6.54 Å². The molecule has 0 unspecified atom stereocenters. The number of hydrogen-bond donors (Lipinski definition) is 1. The Morgan fingerprint density at radius 1 is 1.26 bits per heavy atom. The fourth-order valence-corrected chi connectivity index (χ4v) is 4.03. The first-order chi connectivity index (χ1) is 12.8. The number of carbonyl (C=O) groups excluding carboxylic acids is 2. The van der Waals surface area contributed by atoms with Crippen molar-refractivity contribution >= 4 is 17.9 Å². The van der Waals surface area contributed by atoms with Crippen molar-refractivity contribution in [3.63, 3.8) is 0 Å². The second-order valence-electron chi connectivity index (χ2n) is 7.90. The third-order valence-electron chi connectivity index (χ3n) is 5.35. The number of aromatic nitrogens is 1. The summed E-state index contributed by atoms with van der Waals surface area (Å²) in [4.78, 5) is 26.0. The second kappa shape index (κ2) is 9.77. The van der Waals surface area contributed by atoms with Gasteiger partial charge in [0.15, 0.2) is 0 Å². The van der Waals surface area contributed by atoms with E-state index in [0.29, 0.717) is 12.6 Å². The molecule has 150 valence electrons. The molecule has 1 aliphatic rings. The largest absolute Gasteiger partial charge is 0.352 e. The van der Waals surface area contributed by atoms with Gasteiger partial charge in [-0.15, -0.1) is 0 Å². The van der Waals surface area contributed by atoms with Crippen LogP contribution in [0.5, 0.6) is 0 Å². The lowest BCUT2D eigenvalue weighted by Crippen LogP contribution is -2.42. The van der Waals surface area contributed by atoms with Crippen molar-refractivity contribution in [1.82, 2.24) is 14.8 Å². The molecule has 1 aliphatic carbocycles. The number of amides is 2. The highest BCUT2D eigenvalue weighted by molar-refractivity contribution is 5.94. The fraction of sp³-hybridized carbons (Fsp3) is 0.636. The average Bonchev–Trinajstić information content (AvgIpc) is 2.91. The van der Waals surface area contributed by atoms with Gasteiger partial charge in [-0.3, -0.25) is 9.59 Å². The highest BCUT2D eigenvalue weighted by atomic mass is 16.2. The van der Waals surface area contributed by atoms with E-state index in [2.05, 4.69) is 29.8 Å². The SMILES string of the molecule is CCN(CC(=O)NC(C)C)C(=O)/C=C/c1cc(C)n(C2CCCCC2)c1C. The molecule has 1 saturated carbocycles. The monoisotopic (exact) mass is 373 g/mol. The van der Waals surface area contributed by atoms with Crippen molar-refractivity contribution in [3.8, 4) is 0 Å². The maximum absolute atomic E-state index is 12.5. The van der Waals surface area contributed by atoms with Gasteiger partial charge in [0.25, 0.3) is 0 Å². The summed E-state index contributed by atoms with van der Waals surface area (Å²) >= 11 is 0.